The molecule has 0 saturated carbocycles. The van der Waals surface area contributed by atoms with Gasteiger partial charge in [0.05, 0.1) is 16.0 Å². The zero-order chi connectivity index (χ0) is 18.3. The minimum Gasteiger partial charge on any atom is -0.366 e. The zero-order valence-electron chi connectivity index (χ0n) is 11.9. The number of halogens is 3. The number of carbonyl (C=O) groups excluding carboxylic acids is 1. The maximum absolute atomic E-state index is 10.6. The topological polar surface area (TPSA) is 110 Å². The van der Waals surface area contributed by atoms with Gasteiger partial charge in [0.15, 0.2) is 0 Å². The highest BCUT2D eigenvalue weighted by Gasteiger charge is 2.05. The summed E-state index contributed by atoms with van der Waals surface area (Å²) >= 11 is 16.8. The molecule has 10 heteroatoms. The fourth-order valence-electron chi connectivity index (χ4n) is 1.37. The molecule has 0 aliphatic rings. The lowest BCUT2D eigenvalue weighted by atomic mass is 10.2. The van der Waals surface area contributed by atoms with E-state index >= 15 is 0 Å². The zero-order valence-corrected chi connectivity index (χ0v) is 14.9. The molecule has 0 aliphatic carbocycles. The largest absolute Gasteiger partial charge is 0.366 e. The van der Waals surface area contributed by atoms with E-state index < -0.39 is 16.0 Å². The molecule has 0 fully saturated rings. The van der Waals surface area contributed by atoms with Crippen LogP contribution < -0.4 is 5.73 Å². The molecular formula is C14H11Cl3N2O4S. The number of nitrogens with two attached hydrogens (primary N) is 1. The fraction of sp³-hybridized carbons (Fsp3) is 0. The Bertz CT molecular complexity index is 870. The molecule has 0 saturated heterocycles. The Labute approximate surface area is 153 Å². The van der Waals surface area contributed by atoms with Crippen LogP contribution in [0.15, 0.2) is 41.9 Å². The smallest absolute Gasteiger partial charge is 0.287 e. The molecule has 0 atom stereocenters. The van der Waals surface area contributed by atoms with Gasteiger partial charge in [0.1, 0.15) is 5.15 Å². The van der Waals surface area contributed by atoms with Crippen LogP contribution in [0, 0.1) is 0 Å². The van der Waals surface area contributed by atoms with Crippen LogP contribution in [0.2, 0.25) is 15.2 Å². The normalized spacial score (nSPS) is 11.0. The highest BCUT2D eigenvalue weighted by atomic mass is 35.5. The Morgan fingerprint density at radius 1 is 1.21 bits per heavy atom. The Kier molecular flexibility index (Phi) is 7.65. The molecule has 24 heavy (non-hydrogen) atoms. The first-order valence-electron chi connectivity index (χ1n) is 6.11. The molecule has 1 heterocycles. The molecule has 6 nitrogen and oxygen atoms in total. The molecule has 0 radical (unpaired) electrons. The Balaban J connectivity index is 0.000000243. The number of rotatable bonds is 3. The summed E-state index contributed by atoms with van der Waals surface area (Å²) < 4.78 is 29.0. The van der Waals surface area contributed by atoms with E-state index in [1.165, 1.54) is 24.4 Å². The van der Waals surface area contributed by atoms with Crippen LogP contribution in [-0.2, 0) is 10.1 Å². The Morgan fingerprint density at radius 2 is 1.88 bits per heavy atom. The fourth-order valence-corrected chi connectivity index (χ4v) is 2.37. The number of nitrogens with zero attached hydrogens (tertiary/aromatic N) is 1. The number of hydrogen-bond acceptors (Lipinski definition) is 4. The van der Waals surface area contributed by atoms with E-state index in [4.69, 9.17) is 45.1 Å². The van der Waals surface area contributed by atoms with Crippen molar-refractivity contribution in [2.45, 2.75) is 0 Å². The van der Waals surface area contributed by atoms with Crippen LogP contribution in [0.5, 0.6) is 0 Å². The van der Waals surface area contributed by atoms with Crippen molar-refractivity contribution < 1.29 is 17.8 Å². The van der Waals surface area contributed by atoms with Crippen molar-refractivity contribution in [1.82, 2.24) is 4.98 Å². The lowest BCUT2D eigenvalue weighted by molar-refractivity contribution is 0.100. The van der Waals surface area contributed by atoms with Gasteiger partial charge >= 0.3 is 0 Å². The first kappa shape index (κ1) is 20.4. The van der Waals surface area contributed by atoms with E-state index in [1.807, 2.05) is 0 Å². The van der Waals surface area contributed by atoms with Crippen LogP contribution >= 0.6 is 34.8 Å². The van der Waals surface area contributed by atoms with Gasteiger partial charge in [0.25, 0.3) is 10.1 Å². The van der Waals surface area contributed by atoms with Gasteiger partial charge in [-0.25, -0.2) is 4.98 Å². The number of hydrogen-bond donors (Lipinski definition) is 2. The predicted molar refractivity (Wildman–Crippen MR) is 94.8 cm³/mol. The van der Waals surface area contributed by atoms with E-state index in [-0.39, 0.29) is 15.7 Å². The minimum atomic E-state index is -4.11. The second-order valence-corrected chi connectivity index (χ2v) is 6.69. The molecule has 1 aromatic heterocycles. The van der Waals surface area contributed by atoms with Crippen LogP contribution in [0.3, 0.4) is 0 Å². The third-order valence-electron chi connectivity index (χ3n) is 2.40. The van der Waals surface area contributed by atoms with Gasteiger partial charge in [0.2, 0.25) is 5.91 Å². The molecule has 2 rings (SSSR count). The molecule has 128 valence electrons. The van der Waals surface area contributed by atoms with E-state index in [2.05, 4.69) is 4.98 Å². The summed E-state index contributed by atoms with van der Waals surface area (Å²) in [5, 5.41) is 1.60. The molecule has 0 unspecified atom stereocenters. The number of carbonyl (C=O) groups is 1. The molecule has 0 bridgehead atoms. The highest BCUT2D eigenvalue weighted by Crippen LogP contribution is 2.20. The number of primary amides is 1. The van der Waals surface area contributed by atoms with Gasteiger partial charge in [-0.1, -0.05) is 40.9 Å². The van der Waals surface area contributed by atoms with Crippen molar-refractivity contribution >= 4 is 56.9 Å². The van der Waals surface area contributed by atoms with Crippen molar-refractivity contribution in [2.24, 2.45) is 5.73 Å². The maximum Gasteiger partial charge on any atom is 0.287 e. The molecular weight excluding hydrogens is 399 g/mol. The number of aromatic nitrogens is 1. The van der Waals surface area contributed by atoms with Gasteiger partial charge in [0, 0.05) is 16.8 Å². The van der Waals surface area contributed by atoms with E-state index in [1.54, 1.807) is 18.2 Å². The molecule has 1 aromatic carbocycles. The highest BCUT2D eigenvalue weighted by molar-refractivity contribution is 7.88. The third-order valence-corrected chi connectivity index (χ3v) is 3.75. The summed E-state index contributed by atoms with van der Waals surface area (Å²) in [6, 6.07) is 7.72. The van der Waals surface area contributed by atoms with Crippen LogP contribution in [0.1, 0.15) is 15.9 Å². The molecule has 2 aromatic rings. The lowest BCUT2D eigenvalue weighted by Crippen LogP contribution is -2.11. The molecule has 0 spiro atoms. The second-order valence-electron chi connectivity index (χ2n) is 4.19. The van der Waals surface area contributed by atoms with E-state index in [0.717, 1.165) is 0 Å². The van der Waals surface area contributed by atoms with Crippen molar-refractivity contribution in [3.63, 3.8) is 0 Å². The summed E-state index contributed by atoms with van der Waals surface area (Å²) in [6.07, 6.45) is 2.65. The monoisotopic (exact) mass is 408 g/mol. The SMILES string of the molecule is NC(=O)c1ccc(Cl)cc1Cl.O=S(=O)(O)/C=C/c1cccnc1Cl. The van der Waals surface area contributed by atoms with Crippen molar-refractivity contribution in [3.05, 3.63) is 68.3 Å². The first-order valence-corrected chi connectivity index (χ1v) is 8.75. The Hall–Kier alpha value is -1.64. The van der Waals surface area contributed by atoms with Gasteiger partial charge in [-0.05, 0) is 30.3 Å². The van der Waals surface area contributed by atoms with Gasteiger partial charge in [-0.15, -0.1) is 0 Å². The predicted octanol–water partition coefficient (Wildman–Crippen LogP) is 3.69. The number of pyridine rings is 1. The second kappa shape index (κ2) is 9.00. The van der Waals surface area contributed by atoms with Gasteiger partial charge in [-0.3, -0.25) is 9.35 Å². The summed E-state index contributed by atoms with van der Waals surface area (Å²) in [6.45, 7) is 0. The van der Waals surface area contributed by atoms with Crippen LogP contribution in [-0.4, -0.2) is 23.9 Å². The van der Waals surface area contributed by atoms with Gasteiger partial charge < -0.3 is 5.73 Å². The maximum atomic E-state index is 10.6. The summed E-state index contributed by atoms with van der Waals surface area (Å²) in [5.41, 5.74) is 5.72. The Morgan fingerprint density at radius 3 is 2.38 bits per heavy atom. The van der Waals surface area contributed by atoms with Crippen molar-refractivity contribution in [3.8, 4) is 0 Å². The summed E-state index contributed by atoms with van der Waals surface area (Å²) in [7, 11) is -4.11. The van der Waals surface area contributed by atoms with Crippen molar-refractivity contribution in [1.29, 1.82) is 0 Å². The summed E-state index contributed by atoms with van der Waals surface area (Å²) in [5.74, 6) is -0.549. The number of amides is 1. The quantitative estimate of drug-likeness (QED) is 0.593. The minimum absolute atomic E-state index is 0.183. The standard InChI is InChI=1S/C7H5Cl2NO.C7H6ClNO3S/c8-4-1-2-5(7(10)11)6(9)3-4;8-7-6(2-1-4-9-7)3-5-13(10,11)12/h1-3H,(H2,10,11);1-5H,(H,10,11,12)/b;5-3+. The molecule has 3 N–H and O–H groups in total. The van der Waals surface area contributed by atoms with Crippen molar-refractivity contribution in [2.75, 3.05) is 0 Å². The summed E-state index contributed by atoms with van der Waals surface area (Å²) in [4.78, 5) is 14.3. The number of benzene rings is 1. The lowest BCUT2D eigenvalue weighted by Gasteiger charge is -1.97. The van der Waals surface area contributed by atoms with E-state index in [9.17, 15) is 13.2 Å². The van der Waals surface area contributed by atoms with Gasteiger partial charge in [-0.2, -0.15) is 8.42 Å². The van der Waals surface area contributed by atoms with E-state index in [0.29, 0.717) is 16.0 Å². The third kappa shape index (κ3) is 7.29. The first-order chi connectivity index (χ1) is 11.1. The van der Waals surface area contributed by atoms with Crippen LogP contribution in [0.25, 0.3) is 6.08 Å². The molecule has 1 amide bonds. The molecule has 0 aliphatic heterocycles. The van der Waals surface area contributed by atoms with Crippen LogP contribution in [0.4, 0.5) is 0 Å². The average Bonchev–Trinajstić information content (AvgIpc) is 2.45. The average molecular weight is 410 g/mol.